The fraction of sp³-hybridized carbons (Fsp3) is 0.280. The number of carbonyl (C=O) groups is 2. The second-order valence-electron chi connectivity index (χ2n) is 8.38. The number of nitrogen functional groups attached to an aromatic ring is 1. The van der Waals surface area contributed by atoms with Gasteiger partial charge in [0.1, 0.15) is 11.4 Å². The van der Waals surface area contributed by atoms with E-state index in [2.05, 4.69) is 0 Å². The van der Waals surface area contributed by atoms with E-state index in [1.807, 2.05) is 54.6 Å². The zero-order valence-corrected chi connectivity index (χ0v) is 18.9. The summed E-state index contributed by atoms with van der Waals surface area (Å²) >= 11 is 0. The number of hydrogen-bond donors (Lipinski definition) is 2. The van der Waals surface area contributed by atoms with Gasteiger partial charge in [0.2, 0.25) is 5.91 Å². The standard InChI is InChI=1S/C25H27N5O4/c1-2-29-24(33)21(22(26)30(25(29)34)13-16-8-4-3-5-9-16)20(31)15-28-14-18-11-7-6-10-17(18)12-19(28)23(27)32/h3-11,19H,2,12-15,26H2,1H3,(H2,27,32)/t19-/m0/s1. The fourth-order valence-electron chi connectivity index (χ4n) is 4.46. The van der Waals surface area contributed by atoms with Gasteiger partial charge in [0.15, 0.2) is 5.78 Å². The monoisotopic (exact) mass is 461 g/mol. The first kappa shape index (κ1) is 23.2. The van der Waals surface area contributed by atoms with Crippen LogP contribution in [0.4, 0.5) is 5.82 Å². The lowest BCUT2D eigenvalue weighted by Gasteiger charge is -2.34. The topological polar surface area (TPSA) is 133 Å². The van der Waals surface area contributed by atoms with Gasteiger partial charge in [0, 0.05) is 13.1 Å². The Morgan fingerprint density at radius 2 is 1.62 bits per heavy atom. The normalized spacial score (nSPS) is 15.6. The van der Waals surface area contributed by atoms with Crippen molar-refractivity contribution in [2.24, 2.45) is 5.73 Å². The average Bonchev–Trinajstić information content (AvgIpc) is 2.82. The number of aromatic nitrogens is 2. The predicted octanol–water partition coefficient (Wildman–Crippen LogP) is 0.755. The lowest BCUT2D eigenvalue weighted by molar-refractivity contribution is -0.123. The molecule has 2 heterocycles. The van der Waals surface area contributed by atoms with E-state index in [0.717, 1.165) is 21.3 Å². The zero-order chi connectivity index (χ0) is 24.4. The summed E-state index contributed by atoms with van der Waals surface area (Å²) in [7, 11) is 0. The summed E-state index contributed by atoms with van der Waals surface area (Å²) in [5, 5.41) is 0. The minimum atomic E-state index is -0.729. The highest BCUT2D eigenvalue weighted by Gasteiger charge is 2.33. The smallest absolute Gasteiger partial charge is 0.332 e. The Bertz CT molecular complexity index is 1360. The summed E-state index contributed by atoms with van der Waals surface area (Å²) in [6, 6.07) is 16.1. The van der Waals surface area contributed by atoms with E-state index in [9.17, 15) is 19.2 Å². The molecule has 1 amide bonds. The van der Waals surface area contributed by atoms with Gasteiger partial charge in [-0.3, -0.25) is 28.4 Å². The Balaban J connectivity index is 1.73. The number of rotatable bonds is 7. The number of primary amides is 1. The maximum atomic E-state index is 13.4. The van der Waals surface area contributed by atoms with Gasteiger partial charge in [-0.2, -0.15) is 0 Å². The lowest BCUT2D eigenvalue weighted by Crippen LogP contribution is -2.51. The predicted molar refractivity (Wildman–Crippen MR) is 128 cm³/mol. The summed E-state index contributed by atoms with van der Waals surface area (Å²) in [5.41, 5.74) is 13.1. The van der Waals surface area contributed by atoms with Gasteiger partial charge in [-0.1, -0.05) is 54.6 Å². The van der Waals surface area contributed by atoms with Crippen molar-refractivity contribution in [2.45, 2.75) is 39.0 Å². The van der Waals surface area contributed by atoms with Crippen LogP contribution in [-0.2, 0) is 30.8 Å². The molecule has 1 aliphatic rings. The number of hydrogen-bond acceptors (Lipinski definition) is 6. The summed E-state index contributed by atoms with van der Waals surface area (Å²) in [5.74, 6) is -1.28. The van der Waals surface area contributed by atoms with Crippen molar-refractivity contribution in [1.82, 2.24) is 14.0 Å². The second-order valence-corrected chi connectivity index (χ2v) is 8.38. The van der Waals surface area contributed by atoms with Gasteiger partial charge in [0.25, 0.3) is 5.56 Å². The number of benzene rings is 2. The Kier molecular flexibility index (Phi) is 6.47. The number of nitrogens with two attached hydrogens (primary N) is 2. The molecule has 0 fully saturated rings. The fourth-order valence-corrected chi connectivity index (χ4v) is 4.46. The maximum absolute atomic E-state index is 13.4. The molecular formula is C25H27N5O4. The molecule has 0 aliphatic carbocycles. The van der Waals surface area contributed by atoms with E-state index in [0.29, 0.717) is 13.0 Å². The van der Waals surface area contributed by atoms with Gasteiger partial charge < -0.3 is 11.5 Å². The van der Waals surface area contributed by atoms with Crippen molar-refractivity contribution in [3.8, 4) is 0 Å². The molecule has 0 unspecified atom stereocenters. The van der Waals surface area contributed by atoms with Crippen molar-refractivity contribution in [3.05, 3.63) is 97.7 Å². The summed E-state index contributed by atoms with van der Waals surface area (Å²) in [6.07, 6.45) is 0.376. The van der Waals surface area contributed by atoms with E-state index < -0.39 is 29.0 Å². The molecular weight excluding hydrogens is 434 g/mol. The molecule has 3 aromatic rings. The SMILES string of the molecule is CCn1c(=O)c(C(=O)CN2Cc3ccccc3C[C@H]2C(N)=O)c(N)n(Cc2ccccc2)c1=O. The van der Waals surface area contributed by atoms with E-state index >= 15 is 0 Å². The van der Waals surface area contributed by atoms with Crippen LogP contribution >= 0.6 is 0 Å². The number of ketones is 1. The number of nitrogens with zero attached hydrogens (tertiary/aromatic N) is 3. The van der Waals surface area contributed by atoms with Crippen LogP contribution in [0.2, 0.25) is 0 Å². The zero-order valence-electron chi connectivity index (χ0n) is 18.9. The van der Waals surface area contributed by atoms with Crippen molar-refractivity contribution < 1.29 is 9.59 Å². The van der Waals surface area contributed by atoms with Crippen LogP contribution in [0.5, 0.6) is 0 Å². The van der Waals surface area contributed by atoms with Gasteiger partial charge in [-0.05, 0) is 30.0 Å². The van der Waals surface area contributed by atoms with Crippen molar-refractivity contribution in [2.75, 3.05) is 12.3 Å². The van der Waals surface area contributed by atoms with Crippen LogP contribution in [0.15, 0.2) is 64.2 Å². The minimum absolute atomic E-state index is 0.0913. The maximum Gasteiger partial charge on any atom is 0.332 e. The minimum Gasteiger partial charge on any atom is -0.384 e. The summed E-state index contributed by atoms with van der Waals surface area (Å²) in [4.78, 5) is 53.3. The molecule has 0 radical (unpaired) electrons. The molecule has 9 heteroatoms. The number of amides is 1. The van der Waals surface area contributed by atoms with E-state index in [1.165, 1.54) is 4.57 Å². The van der Waals surface area contributed by atoms with Crippen LogP contribution in [0.1, 0.15) is 34.0 Å². The van der Waals surface area contributed by atoms with E-state index in [-0.39, 0.29) is 31.0 Å². The van der Waals surface area contributed by atoms with Crippen LogP contribution in [0.3, 0.4) is 0 Å². The summed E-state index contributed by atoms with van der Waals surface area (Å²) < 4.78 is 2.24. The molecule has 0 saturated heterocycles. The van der Waals surface area contributed by atoms with Crippen molar-refractivity contribution >= 4 is 17.5 Å². The molecule has 176 valence electrons. The third-order valence-corrected chi connectivity index (χ3v) is 6.27. The lowest BCUT2D eigenvalue weighted by atomic mass is 9.93. The molecule has 4 N–H and O–H groups in total. The third-order valence-electron chi connectivity index (χ3n) is 6.27. The molecule has 2 aromatic carbocycles. The average molecular weight is 462 g/mol. The van der Waals surface area contributed by atoms with Gasteiger partial charge in [-0.25, -0.2) is 4.79 Å². The Hall–Kier alpha value is -3.98. The van der Waals surface area contributed by atoms with Crippen LogP contribution in [0, 0.1) is 0 Å². The second kappa shape index (κ2) is 9.48. The molecule has 9 nitrogen and oxygen atoms in total. The Morgan fingerprint density at radius 3 is 2.26 bits per heavy atom. The highest BCUT2D eigenvalue weighted by molar-refractivity contribution is 6.01. The van der Waals surface area contributed by atoms with E-state index in [4.69, 9.17) is 11.5 Å². The Morgan fingerprint density at radius 1 is 0.971 bits per heavy atom. The molecule has 1 atom stereocenters. The van der Waals surface area contributed by atoms with Crippen molar-refractivity contribution in [3.63, 3.8) is 0 Å². The van der Waals surface area contributed by atoms with E-state index in [1.54, 1.807) is 11.8 Å². The quantitative estimate of drug-likeness (QED) is 0.499. The highest BCUT2D eigenvalue weighted by Crippen LogP contribution is 2.23. The van der Waals surface area contributed by atoms with Crippen molar-refractivity contribution in [1.29, 1.82) is 0 Å². The van der Waals surface area contributed by atoms with Crippen LogP contribution < -0.4 is 22.7 Å². The van der Waals surface area contributed by atoms with Crippen LogP contribution in [0.25, 0.3) is 0 Å². The first-order valence-electron chi connectivity index (χ1n) is 11.1. The number of fused-ring (bicyclic) bond motifs is 1. The van der Waals surface area contributed by atoms with Gasteiger partial charge in [-0.15, -0.1) is 0 Å². The highest BCUT2D eigenvalue weighted by atomic mass is 16.2. The largest absolute Gasteiger partial charge is 0.384 e. The molecule has 0 bridgehead atoms. The molecule has 0 spiro atoms. The Labute approximate surface area is 196 Å². The molecule has 1 aromatic heterocycles. The van der Waals surface area contributed by atoms with Gasteiger partial charge in [0.05, 0.1) is 19.1 Å². The first-order valence-corrected chi connectivity index (χ1v) is 11.1. The van der Waals surface area contributed by atoms with Crippen LogP contribution in [-0.4, -0.2) is 38.3 Å². The number of carbonyl (C=O) groups excluding carboxylic acids is 2. The third kappa shape index (κ3) is 4.29. The molecule has 0 saturated carbocycles. The first-order chi connectivity index (χ1) is 16.3. The molecule has 34 heavy (non-hydrogen) atoms. The number of Topliss-reactive ketones (excluding diaryl/α,β-unsaturated/α-hetero) is 1. The molecule has 1 aliphatic heterocycles. The van der Waals surface area contributed by atoms with Gasteiger partial charge >= 0.3 is 5.69 Å². The molecule has 4 rings (SSSR count). The summed E-state index contributed by atoms with van der Waals surface area (Å²) in [6.45, 7) is 1.97. The number of anilines is 1.